The summed E-state index contributed by atoms with van der Waals surface area (Å²) in [5.41, 5.74) is 0.691. The van der Waals surface area contributed by atoms with Crippen molar-refractivity contribution in [2.75, 3.05) is 0 Å². The first kappa shape index (κ1) is 20.6. The number of carbonyl (C=O) groups excluding carboxylic acids is 1. The normalized spacial score (nSPS) is 27.0. The van der Waals surface area contributed by atoms with Gasteiger partial charge in [0, 0.05) is 5.56 Å². The van der Waals surface area contributed by atoms with Crippen molar-refractivity contribution in [3.8, 4) is 11.8 Å². The molecule has 0 fully saturated rings. The summed E-state index contributed by atoms with van der Waals surface area (Å²) < 4.78 is 12.5. The minimum Gasteiger partial charge on any atom is -0.426 e. The van der Waals surface area contributed by atoms with Crippen LogP contribution in [0.2, 0.25) is 18.1 Å². The van der Waals surface area contributed by atoms with E-state index in [-0.39, 0.29) is 11.0 Å². The zero-order chi connectivity index (χ0) is 20.7. The molecule has 2 aliphatic rings. The maximum absolute atomic E-state index is 12.9. The van der Waals surface area contributed by atoms with Crippen molar-refractivity contribution in [3.63, 3.8) is 0 Å². The van der Waals surface area contributed by atoms with E-state index in [1.807, 2.05) is 24.3 Å². The Labute approximate surface area is 169 Å². The van der Waals surface area contributed by atoms with Crippen LogP contribution in [0.15, 0.2) is 48.6 Å². The van der Waals surface area contributed by atoms with Crippen LogP contribution in [0.3, 0.4) is 0 Å². The highest BCUT2D eigenvalue weighted by Crippen LogP contribution is 2.53. The Morgan fingerprint density at radius 2 is 2.07 bits per heavy atom. The van der Waals surface area contributed by atoms with Gasteiger partial charge in [0.25, 0.3) is 0 Å². The van der Waals surface area contributed by atoms with E-state index in [2.05, 4.69) is 52.6 Å². The summed E-state index contributed by atoms with van der Waals surface area (Å²) in [6.07, 6.45) is 4.50. The van der Waals surface area contributed by atoms with Gasteiger partial charge in [-0.15, -0.1) is 6.58 Å². The number of fused-ring (bicyclic) bond motifs is 3. The predicted molar refractivity (Wildman–Crippen MR) is 112 cm³/mol. The average Bonchev–Trinajstić information content (AvgIpc) is 2.62. The monoisotopic (exact) mass is 395 g/mol. The molecule has 3 rings (SSSR count). The van der Waals surface area contributed by atoms with Crippen LogP contribution in [0.25, 0.3) is 0 Å². The summed E-state index contributed by atoms with van der Waals surface area (Å²) in [7, 11) is -2.22. The number of benzene rings is 1. The number of esters is 1. The maximum atomic E-state index is 12.9. The van der Waals surface area contributed by atoms with Crippen LogP contribution < -0.4 is 4.74 Å². The van der Waals surface area contributed by atoms with E-state index < -0.39 is 25.8 Å². The van der Waals surface area contributed by atoms with Gasteiger partial charge >= 0.3 is 5.97 Å². The maximum Gasteiger partial charge on any atom is 0.316 e. The highest BCUT2D eigenvalue weighted by Gasteiger charge is 2.60. The number of ether oxygens (including phenoxy) is 1. The molecule has 1 aliphatic carbocycles. The summed E-state index contributed by atoms with van der Waals surface area (Å²) in [4.78, 5) is 12.9. The lowest BCUT2D eigenvalue weighted by Crippen LogP contribution is -2.59. The van der Waals surface area contributed by atoms with Gasteiger partial charge in [0.1, 0.15) is 11.2 Å². The minimum atomic E-state index is -2.22. The zero-order valence-corrected chi connectivity index (χ0v) is 18.4. The zero-order valence-electron chi connectivity index (χ0n) is 17.4. The van der Waals surface area contributed by atoms with Gasteiger partial charge in [-0.3, -0.25) is 4.79 Å². The van der Waals surface area contributed by atoms with Gasteiger partial charge in [0.05, 0.1) is 18.1 Å². The lowest BCUT2D eigenvalue weighted by Gasteiger charge is -2.50. The van der Waals surface area contributed by atoms with E-state index in [4.69, 9.17) is 9.16 Å². The van der Waals surface area contributed by atoms with Crippen molar-refractivity contribution in [2.45, 2.75) is 63.3 Å². The summed E-state index contributed by atoms with van der Waals surface area (Å²) >= 11 is 0. The lowest BCUT2D eigenvalue weighted by molar-refractivity contribution is -0.144. The van der Waals surface area contributed by atoms with Crippen molar-refractivity contribution >= 4 is 14.3 Å². The van der Waals surface area contributed by atoms with Crippen molar-refractivity contribution in [1.29, 1.82) is 5.26 Å². The minimum absolute atomic E-state index is 0.0232. The fourth-order valence-corrected chi connectivity index (χ4v) is 5.20. The lowest BCUT2D eigenvalue weighted by atomic mass is 9.60. The first-order chi connectivity index (χ1) is 13.1. The molecule has 1 heterocycles. The fourth-order valence-electron chi connectivity index (χ4n) is 3.92. The molecule has 4 nitrogen and oxygen atoms in total. The second-order valence-electron chi connectivity index (χ2n) is 9.22. The molecule has 0 bridgehead atoms. The number of hydrogen-bond acceptors (Lipinski definition) is 4. The summed E-state index contributed by atoms with van der Waals surface area (Å²) in [5.74, 6) is -0.456. The van der Waals surface area contributed by atoms with Gasteiger partial charge < -0.3 is 9.16 Å². The summed E-state index contributed by atoms with van der Waals surface area (Å²) in [6, 6.07) is 9.92. The second-order valence-corrected chi connectivity index (χ2v) is 14.0. The van der Waals surface area contributed by atoms with E-state index in [0.29, 0.717) is 18.6 Å². The Morgan fingerprint density at radius 1 is 1.39 bits per heavy atom. The molecule has 0 aromatic heterocycles. The number of nitriles is 1. The van der Waals surface area contributed by atoms with Gasteiger partial charge in [0.15, 0.2) is 8.32 Å². The third-order valence-corrected chi connectivity index (χ3v) is 11.0. The van der Waals surface area contributed by atoms with E-state index in [1.165, 1.54) is 0 Å². The van der Waals surface area contributed by atoms with Crippen LogP contribution in [0.5, 0.6) is 5.75 Å². The van der Waals surface area contributed by atoms with Crippen LogP contribution in [0, 0.1) is 17.2 Å². The number of carbonyl (C=O) groups is 1. The first-order valence-corrected chi connectivity index (χ1v) is 12.7. The number of nitrogens with zero attached hydrogens (tertiary/aromatic N) is 1. The van der Waals surface area contributed by atoms with Crippen LogP contribution in [0.1, 0.15) is 39.2 Å². The fraction of sp³-hybridized carbons (Fsp3) is 0.478. The van der Waals surface area contributed by atoms with Gasteiger partial charge in [-0.1, -0.05) is 51.1 Å². The SMILES string of the molecule is C=CCC1=CC[C@@H]2C(=O)Oc3ccccc3[C@]2(C#N)[C@@H]1O[Si](C)(C)C(C)(C)C. The van der Waals surface area contributed by atoms with E-state index in [9.17, 15) is 10.1 Å². The molecule has 0 amide bonds. The molecule has 1 aromatic carbocycles. The van der Waals surface area contributed by atoms with Crippen LogP contribution in [-0.2, 0) is 14.6 Å². The predicted octanol–water partition coefficient (Wildman–Crippen LogP) is 5.28. The Hall–Kier alpha value is -2.16. The molecular formula is C23H29NO3Si. The van der Waals surface area contributed by atoms with Crippen molar-refractivity contribution < 1.29 is 14.0 Å². The quantitative estimate of drug-likeness (QED) is 0.301. The first-order valence-electron chi connectivity index (χ1n) is 9.78. The molecule has 0 spiro atoms. The molecule has 0 unspecified atom stereocenters. The Morgan fingerprint density at radius 3 is 2.68 bits per heavy atom. The third-order valence-electron chi connectivity index (χ3n) is 6.53. The van der Waals surface area contributed by atoms with Crippen LogP contribution in [0.4, 0.5) is 0 Å². The van der Waals surface area contributed by atoms with Gasteiger partial charge in [0.2, 0.25) is 0 Å². The van der Waals surface area contributed by atoms with E-state index in [0.717, 1.165) is 11.1 Å². The van der Waals surface area contributed by atoms with Crippen molar-refractivity contribution in [3.05, 3.63) is 54.1 Å². The standard InChI is InChI=1S/C23H29NO3Si/c1-7-10-16-13-14-18-21(25)26-19-12-9-8-11-17(19)23(18,15-24)20(16)27-28(5,6)22(2,3)4/h7-9,11-13,18,20H,1,10,14H2,2-6H3/t18-,20-,23+/m1/s1. The number of hydrogen-bond donors (Lipinski definition) is 0. The molecule has 1 aliphatic heterocycles. The van der Waals surface area contributed by atoms with Gasteiger partial charge in [-0.25, -0.2) is 0 Å². The average molecular weight is 396 g/mol. The van der Waals surface area contributed by atoms with Crippen LogP contribution >= 0.6 is 0 Å². The number of allylic oxidation sites excluding steroid dienone is 2. The molecule has 0 N–H and O–H groups in total. The highest BCUT2D eigenvalue weighted by molar-refractivity contribution is 6.74. The Balaban J connectivity index is 2.24. The van der Waals surface area contributed by atoms with Gasteiger partial charge in [-0.05, 0) is 42.6 Å². The Bertz CT molecular complexity index is 875. The molecular weight excluding hydrogens is 366 g/mol. The topological polar surface area (TPSA) is 59.3 Å². The molecule has 5 heteroatoms. The molecule has 0 radical (unpaired) electrons. The van der Waals surface area contributed by atoms with Gasteiger partial charge in [-0.2, -0.15) is 5.26 Å². The largest absolute Gasteiger partial charge is 0.426 e. The third kappa shape index (κ3) is 3.05. The number of para-hydroxylation sites is 1. The number of rotatable bonds is 4. The molecule has 0 saturated heterocycles. The van der Waals surface area contributed by atoms with Crippen molar-refractivity contribution in [2.24, 2.45) is 5.92 Å². The molecule has 1 aromatic rings. The highest BCUT2D eigenvalue weighted by atomic mass is 28.4. The van der Waals surface area contributed by atoms with E-state index >= 15 is 0 Å². The smallest absolute Gasteiger partial charge is 0.316 e. The van der Waals surface area contributed by atoms with Crippen molar-refractivity contribution in [1.82, 2.24) is 0 Å². The molecule has 148 valence electrons. The summed E-state index contributed by atoms with van der Waals surface area (Å²) in [6.45, 7) is 14.8. The molecule has 3 atom stereocenters. The summed E-state index contributed by atoms with van der Waals surface area (Å²) in [5, 5.41) is 10.5. The molecule has 28 heavy (non-hydrogen) atoms. The second kappa shape index (κ2) is 7.02. The Kier molecular flexibility index (Phi) is 5.16. The van der Waals surface area contributed by atoms with Crippen LogP contribution in [-0.4, -0.2) is 20.4 Å². The van der Waals surface area contributed by atoms with E-state index in [1.54, 1.807) is 6.07 Å². The molecule has 0 saturated carbocycles.